The van der Waals surface area contributed by atoms with E-state index < -0.39 is 0 Å². The summed E-state index contributed by atoms with van der Waals surface area (Å²) in [6.07, 6.45) is 0. The molecule has 3 atom stereocenters. The predicted octanol–water partition coefficient (Wildman–Crippen LogP) is 1.13. The Kier molecular flexibility index (Phi) is 4.13. The topological polar surface area (TPSA) is 79.2 Å². The van der Waals surface area contributed by atoms with Crippen LogP contribution in [0.3, 0.4) is 0 Å². The van der Waals surface area contributed by atoms with Crippen molar-refractivity contribution in [1.82, 2.24) is 16.3 Å². The van der Waals surface area contributed by atoms with E-state index in [4.69, 9.17) is 5.84 Å². The summed E-state index contributed by atoms with van der Waals surface area (Å²) in [5.41, 5.74) is 11.0. The van der Waals surface area contributed by atoms with E-state index in [1.54, 1.807) is 0 Å². The smallest absolute Gasteiger partial charge is 0.240 e. The average Bonchev–Trinajstić information content (AvgIpc) is 2.79. The van der Waals surface area contributed by atoms with Gasteiger partial charge >= 0.3 is 0 Å². The second kappa shape index (κ2) is 5.52. The maximum atomic E-state index is 11.9. The first-order chi connectivity index (χ1) is 9.34. The van der Waals surface area contributed by atoms with Gasteiger partial charge in [-0.05, 0) is 23.5 Å². The first-order valence-electron chi connectivity index (χ1n) is 6.96. The summed E-state index contributed by atoms with van der Waals surface area (Å²) in [6.45, 7) is 8.52. The minimum absolute atomic E-state index is 0.0332. The van der Waals surface area contributed by atoms with Gasteiger partial charge in [0.25, 0.3) is 0 Å². The summed E-state index contributed by atoms with van der Waals surface area (Å²) in [6, 6.07) is 8.37. The first-order valence-corrected chi connectivity index (χ1v) is 6.96. The van der Waals surface area contributed by atoms with Crippen molar-refractivity contribution < 1.29 is 4.79 Å². The Bertz CT molecular complexity index is 478. The van der Waals surface area contributed by atoms with Crippen LogP contribution in [0.5, 0.6) is 0 Å². The van der Waals surface area contributed by atoms with Crippen LogP contribution >= 0.6 is 0 Å². The van der Waals surface area contributed by atoms with Gasteiger partial charge in [-0.1, -0.05) is 45.0 Å². The van der Waals surface area contributed by atoms with Crippen molar-refractivity contribution in [3.05, 3.63) is 35.4 Å². The molecule has 2 rings (SSSR count). The molecule has 1 aliphatic heterocycles. The molecule has 0 radical (unpaired) electrons. The lowest BCUT2D eigenvalue weighted by Gasteiger charge is -2.22. The minimum Gasteiger partial charge on any atom is -0.294 e. The third-order valence-corrected chi connectivity index (χ3v) is 3.95. The van der Waals surface area contributed by atoms with Gasteiger partial charge in [0, 0.05) is 6.04 Å². The number of hydrogen-bond acceptors (Lipinski definition) is 4. The van der Waals surface area contributed by atoms with Gasteiger partial charge < -0.3 is 0 Å². The molecular weight excluding hydrogens is 252 g/mol. The lowest BCUT2D eigenvalue weighted by Crippen LogP contribution is -2.41. The van der Waals surface area contributed by atoms with Crippen LogP contribution in [-0.2, 0) is 10.2 Å². The van der Waals surface area contributed by atoms with Gasteiger partial charge in [0.1, 0.15) is 0 Å². The number of hydrazine groups is 2. The summed E-state index contributed by atoms with van der Waals surface area (Å²) in [4.78, 5) is 11.9. The van der Waals surface area contributed by atoms with E-state index >= 15 is 0 Å². The van der Waals surface area contributed by atoms with Gasteiger partial charge in [-0.2, -0.15) is 0 Å². The number of carbonyl (C=O) groups is 1. The van der Waals surface area contributed by atoms with Crippen molar-refractivity contribution in [2.75, 3.05) is 0 Å². The number of hydrogen-bond donors (Lipinski definition) is 4. The van der Waals surface area contributed by atoms with Crippen molar-refractivity contribution in [2.45, 2.75) is 45.2 Å². The molecule has 1 amide bonds. The molecule has 0 bridgehead atoms. The molecule has 5 nitrogen and oxygen atoms in total. The highest BCUT2D eigenvalue weighted by Crippen LogP contribution is 2.30. The van der Waals surface area contributed by atoms with Crippen molar-refractivity contribution in [3.8, 4) is 0 Å². The van der Waals surface area contributed by atoms with Crippen LogP contribution in [0, 0.1) is 5.92 Å². The molecule has 1 saturated heterocycles. The van der Waals surface area contributed by atoms with E-state index in [-0.39, 0.29) is 29.3 Å². The van der Waals surface area contributed by atoms with Gasteiger partial charge in [-0.15, -0.1) is 0 Å². The zero-order valence-corrected chi connectivity index (χ0v) is 12.5. The molecule has 5 N–H and O–H groups in total. The Balaban J connectivity index is 2.25. The molecule has 5 heteroatoms. The molecule has 1 aromatic rings. The molecule has 0 aromatic heterocycles. The molecule has 0 aliphatic carbocycles. The Hall–Kier alpha value is -1.43. The SMILES string of the molecule is CC1NNC(c2ccc(C(C)(C)C)cc2)C1C(=O)NN. The molecule has 0 spiro atoms. The summed E-state index contributed by atoms with van der Waals surface area (Å²) >= 11 is 0. The van der Waals surface area contributed by atoms with Crippen LogP contribution in [0.4, 0.5) is 0 Å². The van der Waals surface area contributed by atoms with Gasteiger partial charge in [0.05, 0.1) is 12.0 Å². The summed E-state index contributed by atoms with van der Waals surface area (Å²) < 4.78 is 0. The van der Waals surface area contributed by atoms with E-state index in [2.05, 4.69) is 61.3 Å². The number of nitrogens with two attached hydrogens (primary N) is 1. The van der Waals surface area contributed by atoms with Crippen molar-refractivity contribution in [2.24, 2.45) is 11.8 Å². The van der Waals surface area contributed by atoms with Crippen LogP contribution in [-0.4, -0.2) is 11.9 Å². The molecule has 1 heterocycles. The molecule has 110 valence electrons. The number of rotatable bonds is 2. The molecular formula is C15H24N4O. The maximum absolute atomic E-state index is 11.9. The van der Waals surface area contributed by atoms with Crippen LogP contribution in [0.2, 0.25) is 0 Å². The highest BCUT2D eigenvalue weighted by atomic mass is 16.2. The normalized spacial score (nSPS) is 26.6. The standard InChI is InChI=1S/C15H24N4O/c1-9-12(14(20)17-16)13(19-18-9)10-5-7-11(8-6-10)15(2,3)4/h5-9,12-13,18-19H,16H2,1-4H3,(H,17,20). The second-order valence-electron chi connectivity index (χ2n) is 6.46. The van der Waals surface area contributed by atoms with E-state index in [9.17, 15) is 4.79 Å². The van der Waals surface area contributed by atoms with Crippen molar-refractivity contribution in [3.63, 3.8) is 0 Å². The van der Waals surface area contributed by atoms with Crippen LogP contribution in [0.25, 0.3) is 0 Å². The minimum atomic E-state index is -0.222. The van der Waals surface area contributed by atoms with Crippen LogP contribution in [0.1, 0.15) is 44.9 Å². The average molecular weight is 276 g/mol. The van der Waals surface area contributed by atoms with Crippen molar-refractivity contribution >= 4 is 5.91 Å². The Morgan fingerprint density at radius 2 is 1.80 bits per heavy atom. The fourth-order valence-corrected chi connectivity index (χ4v) is 2.65. The van der Waals surface area contributed by atoms with E-state index in [0.29, 0.717) is 0 Å². The molecule has 1 aliphatic rings. The molecule has 1 aromatic carbocycles. The number of benzene rings is 1. The highest BCUT2D eigenvalue weighted by molar-refractivity contribution is 5.80. The molecule has 20 heavy (non-hydrogen) atoms. The lowest BCUT2D eigenvalue weighted by molar-refractivity contribution is -0.125. The van der Waals surface area contributed by atoms with Gasteiger partial charge in [0.2, 0.25) is 5.91 Å². The summed E-state index contributed by atoms with van der Waals surface area (Å²) in [5.74, 6) is 4.91. The highest BCUT2D eigenvalue weighted by Gasteiger charge is 2.39. The van der Waals surface area contributed by atoms with Crippen LogP contribution in [0.15, 0.2) is 24.3 Å². The number of carbonyl (C=O) groups excluding carboxylic acids is 1. The van der Waals surface area contributed by atoms with Crippen LogP contribution < -0.4 is 22.1 Å². The predicted molar refractivity (Wildman–Crippen MR) is 79.4 cm³/mol. The van der Waals surface area contributed by atoms with Gasteiger partial charge in [-0.25, -0.2) is 11.3 Å². The second-order valence-corrected chi connectivity index (χ2v) is 6.46. The van der Waals surface area contributed by atoms with E-state index in [1.165, 1.54) is 5.56 Å². The van der Waals surface area contributed by atoms with E-state index in [0.717, 1.165) is 5.56 Å². The molecule has 1 fully saturated rings. The zero-order chi connectivity index (χ0) is 14.9. The fraction of sp³-hybridized carbons (Fsp3) is 0.533. The Morgan fingerprint density at radius 1 is 1.20 bits per heavy atom. The van der Waals surface area contributed by atoms with Gasteiger partial charge in [0.15, 0.2) is 0 Å². The zero-order valence-electron chi connectivity index (χ0n) is 12.5. The van der Waals surface area contributed by atoms with Crippen molar-refractivity contribution in [1.29, 1.82) is 0 Å². The van der Waals surface area contributed by atoms with Gasteiger partial charge in [-0.3, -0.25) is 15.6 Å². The third-order valence-electron chi connectivity index (χ3n) is 3.95. The summed E-state index contributed by atoms with van der Waals surface area (Å²) in [5, 5.41) is 0. The number of nitrogens with one attached hydrogen (secondary N) is 3. The quantitative estimate of drug-likeness (QED) is 0.371. The maximum Gasteiger partial charge on any atom is 0.240 e. The Labute approximate surface area is 120 Å². The fourth-order valence-electron chi connectivity index (χ4n) is 2.65. The lowest BCUT2D eigenvalue weighted by atomic mass is 9.84. The Morgan fingerprint density at radius 3 is 2.30 bits per heavy atom. The third kappa shape index (κ3) is 2.85. The molecule has 0 saturated carbocycles. The monoisotopic (exact) mass is 276 g/mol. The summed E-state index contributed by atoms with van der Waals surface area (Å²) in [7, 11) is 0. The number of amides is 1. The largest absolute Gasteiger partial charge is 0.294 e. The molecule has 3 unspecified atom stereocenters. The first kappa shape index (κ1) is 15.0. The van der Waals surface area contributed by atoms with E-state index in [1.807, 2.05) is 6.92 Å².